The Morgan fingerprint density at radius 3 is 2.90 bits per heavy atom. The van der Waals surface area contributed by atoms with Crippen LogP contribution in [0.1, 0.15) is 33.3 Å². The Kier molecular flexibility index (Phi) is 3.97. The van der Waals surface area contributed by atoms with Gasteiger partial charge in [0.2, 0.25) is 0 Å². The summed E-state index contributed by atoms with van der Waals surface area (Å²) in [7, 11) is 0. The van der Waals surface area contributed by atoms with Crippen molar-refractivity contribution < 1.29 is 9.53 Å². The van der Waals surface area contributed by atoms with Gasteiger partial charge in [0.25, 0.3) is 0 Å². The van der Waals surface area contributed by atoms with Crippen molar-refractivity contribution in [2.24, 2.45) is 0 Å². The second-order valence-electron chi connectivity index (χ2n) is 5.99. The molecule has 0 fully saturated rings. The molecule has 5 nitrogen and oxygen atoms in total. The van der Waals surface area contributed by atoms with Crippen molar-refractivity contribution in [2.75, 3.05) is 0 Å². The summed E-state index contributed by atoms with van der Waals surface area (Å²) in [5.41, 5.74) is 1.67. The number of fused-ring (bicyclic) bond motifs is 1. The molecule has 0 unspecified atom stereocenters. The molecule has 0 aliphatic heterocycles. The number of alkyl carbamates (subject to hydrolysis) is 1. The molecule has 0 radical (unpaired) electrons. The molecule has 5 heteroatoms. The number of nitrogens with zero attached hydrogens (tertiary/aromatic N) is 2. The number of ether oxygens (including phenoxy) is 1. The van der Waals surface area contributed by atoms with E-state index in [0.29, 0.717) is 6.42 Å². The van der Waals surface area contributed by atoms with Crippen LogP contribution >= 0.6 is 0 Å². The van der Waals surface area contributed by atoms with E-state index in [2.05, 4.69) is 10.3 Å². The molecule has 20 heavy (non-hydrogen) atoms. The number of hydrogen-bond donors (Lipinski definition) is 1. The van der Waals surface area contributed by atoms with Gasteiger partial charge in [-0.3, -0.25) is 0 Å². The highest BCUT2D eigenvalue weighted by Gasteiger charge is 2.17. The average Bonchev–Trinajstić information content (AvgIpc) is 2.74. The number of amides is 1. The van der Waals surface area contributed by atoms with Crippen LogP contribution in [0, 0.1) is 0 Å². The molecule has 0 saturated carbocycles. The number of carbonyl (C=O) groups excluding carboxylic acids is 1. The zero-order chi connectivity index (χ0) is 14.8. The van der Waals surface area contributed by atoms with Crippen LogP contribution < -0.4 is 5.32 Å². The number of rotatable bonds is 3. The molecule has 0 aromatic carbocycles. The van der Waals surface area contributed by atoms with Crippen molar-refractivity contribution >= 4 is 11.7 Å². The molecule has 2 aromatic heterocycles. The Bertz CT molecular complexity index is 598. The number of hydrogen-bond acceptors (Lipinski definition) is 3. The highest BCUT2D eigenvalue weighted by atomic mass is 16.6. The molecule has 0 saturated heterocycles. The van der Waals surface area contributed by atoms with Crippen LogP contribution in [0.4, 0.5) is 4.79 Å². The van der Waals surface area contributed by atoms with E-state index in [0.717, 1.165) is 11.2 Å². The third kappa shape index (κ3) is 3.73. The lowest BCUT2D eigenvalue weighted by Gasteiger charge is -2.22. The number of carbonyl (C=O) groups is 1. The highest BCUT2D eigenvalue weighted by Crippen LogP contribution is 2.12. The van der Waals surface area contributed by atoms with Crippen molar-refractivity contribution in [1.29, 1.82) is 0 Å². The first-order chi connectivity index (χ1) is 9.35. The van der Waals surface area contributed by atoms with E-state index in [9.17, 15) is 4.79 Å². The van der Waals surface area contributed by atoms with Gasteiger partial charge in [-0.05, 0) is 39.3 Å². The smallest absolute Gasteiger partial charge is 0.407 e. The molecular weight excluding hydrogens is 254 g/mol. The van der Waals surface area contributed by atoms with Crippen molar-refractivity contribution in [1.82, 2.24) is 14.7 Å². The minimum atomic E-state index is -0.389. The van der Waals surface area contributed by atoms with Crippen LogP contribution in [-0.4, -0.2) is 27.1 Å². The van der Waals surface area contributed by atoms with Gasteiger partial charge in [-0.1, -0.05) is 6.07 Å². The van der Waals surface area contributed by atoms with E-state index in [-0.39, 0.29) is 17.7 Å². The van der Waals surface area contributed by atoms with E-state index in [1.165, 1.54) is 0 Å². The fourth-order valence-electron chi connectivity index (χ4n) is 2.04. The van der Waals surface area contributed by atoms with Gasteiger partial charge in [-0.15, -0.1) is 0 Å². The molecule has 1 N–H and O–H groups in total. The zero-order valence-electron chi connectivity index (χ0n) is 12.4. The monoisotopic (exact) mass is 275 g/mol. The number of nitrogens with one attached hydrogen (secondary N) is 1. The van der Waals surface area contributed by atoms with E-state index < -0.39 is 0 Å². The fourth-order valence-corrected chi connectivity index (χ4v) is 2.04. The first kappa shape index (κ1) is 14.4. The number of pyridine rings is 1. The summed E-state index contributed by atoms with van der Waals surface area (Å²) in [6.07, 6.45) is 5.65. The molecule has 1 amide bonds. The molecule has 1 atom stereocenters. The van der Waals surface area contributed by atoms with Gasteiger partial charge < -0.3 is 14.5 Å². The predicted molar refractivity (Wildman–Crippen MR) is 77.7 cm³/mol. The molecular formula is C15H21N3O2. The van der Waals surface area contributed by atoms with Crippen LogP contribution in [0.3, 0.4) is 0 Å². The summed E-state index contributed by atoms with van der Waals surface area (Å²) in [6, 6.07) is 3.97. The summed E-state index contributed by atoms with van der Waals surface area (Å²) in [4.78, 5) is 16.0. The maximum absolute atomic E-state index is 11.7. The molecule has 0 aliphatic rings. The Morgan fingerprint density at radius 2 is 2.20 bits per heavy atom. The van der Waals surface area contributed by atoms with Gasteiger partial charge in [0, 0.05) is 30.6 Å². The van der Waals surface area contributed by atoms with Gasteiger partial charge >= 0.3 is 6.09 Å². The Morgan fingerprint density at radius 1 is 1.45 bits per heavy atom. The van der Waals surface area contributed by atoms with E-state index in [1.807, 2.05) is 56.6 Å². The summed E-state index contributed by atoms with van der Waals surface area (Å²) in [5, 5.41) is 2.79. The van der Waals surface area contributed by atoms with Crippen LogP contribution in [0.25, 0.3) is 5.65 Å². The summed E-state index contributed by atoms with van der Waals surface area (Å²) in [6.45, 7) is 7.65. The van der Waals surface area contributed by atoms with Crippen LogP contribution in [0.15, 0.2) is 30.7 Å². The van der Waals surface area contributed by atoms with E-state index in [1.54, 1.807) is 6.20 Å². The highest BCUT2D eigenvalue weighted by molar-refractivity contribution is 5.68. The predicted octanol–water partition coefficient (Wildman–Crippen LogP) is 2.79. The standard InChI is InChI=1S/C15H21N3O2/c1-11(20-14(19)17-15(2,3)4)10-12-6-5-8-18-9-7-16-13(12)18/h5-9,11H,10H2,1-4H3,(H,17,19)/t11-/m1/s1. The normalized spacial score (nSPS) is 13.2. The Balaban J connectivity index is 1.99. The average molecular weight is 275 g/mol. The summed E-state index contributed by atoms with van der Waals surface area (Å²) >= 11 is 0. The quantitative estimate of drug-likeness (QED) is 0.937. The molecule has 2 rings (SSSR count). The second-order valence-corrected chi connectivity index (χ2v) is 5.99. The molecule has 0 bridgehead atoms. The number of imidazole rings is 1. The minimum absolute atomic E-state index is 0.208. The van der Waals surface area contributed by atoms with Gasteiger partial charge in [0.15, 0.2) is 0 Å². The first-order valence-electron chi connectivity index (χ1n) is 6.74. The SMILES string of the molecule is C[C@H](Cc1cccn2ccnc12)OC(=O)NC(C)(C)C. The lowest BCUT2D eigenvalue weighted by molar-refractivity contribution is 0.100. The third-order valence-electron chi connectivity index (χ3n) is 2.79. The molecule has 0 spiro atoms. The fraction of sp³-hybridized carbons (Fsp3) is 0.467. The molecule has 0 aliphatic carbocycles. The molecule has 2 heterocycles. The zero-order valence-corrected chi connectivity index (χ0v) is 12.4. The van der Waals surface area contributed by atoms with Crippen molar-refractivity contribution in [2.45, 2.75) is 45.8 Å². The Labute approximate surface area is 119 Å². The van der Waals surface area contributed by atoms with E-state index in [4.69, 9.17) is 4.74 Å². The summed E-state index contributed by atoms with van der Waals surface area (Å²) in [5.74, 6) is 0. The molecule has 108 valence electrons. The maximum atomic E-state index is 11.7. The third-order valence-corrected chi connectivity index (χ3v) is 2.79. The molecule has 2 aromatic rings. The maximum Gasteiger partial charge on any atom is 0.407 e. The first-order valence-corrected chi connectivity index (χ1v) is 6.74. The number of aromatic nitrogens is 2. The van der Waals surface area contributed by atoms with Gasteiger partial charge in [-0.2, -0.15) is 0 Å². The van der Waals surface area contributed by atoms with Gasteiger partial charge in [0.05, 0.1) is 0 Å². The van der Waals surface area contributed by atoms with Gasteiger partial charge in [-0.25, -0.2) is 9.78 Å². The second kappa shape index (κ2) is 5.53. The van der Waals surface area contributed by atoms with Gasteiger partial charge in [0.1, 0.15) is 11.8 Å². The van der Waals surface area contributed by atoms with Crippen LogP contribution in [0.2, 0.25) is 0 Å². The Hall–Kier alpha value is -2.04. The van der Waals surface area contributed by atoms with Crippen LogP contribution in [-0.2, 0) is 11.2 Å². The van der Waals surface area contributed by atoms with Crippen molar-refractivity contribution in [3.05, 3.63) is 36.3 Å². The largest absolute Gasteiger partial charge is 0.446 e. The van der Waals surface area contributed by atoms with E-state index >= 15 is 0 Å². The van der Waals surface area contributed by atoms with Crippen molar-refractivity contribution in [3.63, 3.8) is 0 Å². The summed E-state index contributed by atoms with van der Waals surface area (Å²) < 4.78 is 7.32. The van der Waals surface area contributed by atoms with Crippen LogP contribution in [0.5, 0.6) is 0 Å². The van der Waals surface area contributed by atoms with Crippen molar-refractivity contribution in [3.8, 4) is 0 Å². The topological polar surface area (TPSA) is 55.6 Å². The lowest BCUT2D eigenvalue weighted by Crippen LogP contribution is -2.42. The lowest BCUT2D eigenvalue weighted by atomic mass is 10.1. The minimum Gasteiger partial charge on any atom is -0.446 e.